The van der Waals surface area contributed by atoms with Gasteiger partial charge in [-0.1, -0.05) is 39.3 Å². The minimum atomic E-state index is -3.57. The summed E-state index contributed by atoms with van der Waals surface area (Å²) in [4.78, 5) is 28.7. The molecule has 250 valence electrons. The largest absolute Gasteiger partial charge is 0.495 e. The number of nitrogens with one attached hydrogen (secondary N) is 1. The summed E-state index contributed by atoms with van der Waals surface area (Å²) in [6.45, 7) is 19.3. The number of pyridine rings is 1. The van der Waals surface area contributed by atoms with Gasteiger partial charge in [0.2, 0.25) is 5.95 Å². The molecular weight excluding hydrogens is 646 g/mol. The quantitative estimate of drug-likeness (QED) is 0.239. The second-order valence-electron chi connectivity index (χ2n) is 14.4. The van der Waals surface area contributed by atoms with Gasteiger partial charge in [0.1, 0.15) is 17.2 Å². The Balaban J connectivity index is 1.72. The first-order valence-electron chi connectivity index (χ1n) is 14.9. The second-order valence-corrected chi connectivity index (χ2v) is 21.6. The van der Waals surface area contributed by atoms with Crippen LogP contribution in [0.3, 0.4) is 0 Å². The number of benzene rings is 1. The predicted molar refractivity (Wildman–Crippen MR) is 184 cm³/mol. The average Bonchev–Trinajstić information content (AvgIpc) is 3.22. The van der Waals surface area contributed by atoms with E-state index in [9.17, 15) is 13.2 Å². The van der Waals surface area contributed by atoms with E-state index >= 15 is 0 Å². The summed E-state index contributed by atoms with van der Waals surface area (Å²) in [5.41, 5.74) is 1.31. The van der Waals surface area contributed by atoms with Crippen LogP contribution in [0, 0.1) is 0 Å². The van der Waals surface area contributed by atoms with Gasteiger partial charge < -0.3 is 19.2 Å². The molecule has 0 aliphatic carbocycles. The van der Waals surface area contributed by atoms with Crippen molar-refractivity contribution < 1.29 is 27.1 Å². The lowest BCUT2D eigenvalue weighted by molar-refractivity contribution is 0.0574. The number of carbonyl (C=O) groups is 1. The Morgan fingerprint density at radius 3 is 2.39 bits per heavy atom. The van der Waals surface area contributed by atoms with Crippen molar-refractivity contribution in [2.45, 2.75) is 82.5 Å². The van der Waals surface area contributed by atoms with Gasteiger partial charge in [-0.05, 0) is 57.1 Å². The van der Waals surface area contributed by atoms with Crippen LogP contribution in [0.25, 0.3) is 11.3 Å². The minimum absolute atomic E-state index is 0.0120. The maximum atomic E-state index is 13.3. The first kappa shape index (κ1) is 35.6. The highest BCUT2D eigenvalue weighted by molar-refractivity contribution is 7.90. The van der Waals surface area contributed by atoms with Crippen LogP contribution in [0.1, 0.15) is 54.0 Å². The number of hydrogen-bond acceptors (Lipinski definition) is 10. The number of fused-ring (bicyclic) bond motifs is 1. The third-order valence-electron chi connectivity index (χ3n) is 8.30. The minimum Gasteiger partial charge on any atom is -0.495 e. The number of nitrogens with zero attached hydrogens (tertiary/aromatic N) is 4. The van der Waals surface area contributed by atoms with Crippen LogP contribution >= 0.6 is 11.6 Å². The molecule has 0 saturated heterocycles. The van der Waals surface area contributed by atoms with Crippen LogP contribution in [0.4, 0.5) is 22.2 Å². The average molecular weight is 690 g/mol. The smallest absolute Gasteiger partial charge is 0.416 e. The van der Waals surface area contributed by atoms with E-state index in [1.54, 1.807) is 23.4 Å². The topological polar surface area (TPSA) is 133 Å². The summed E-state index contributed by atoms with van der Waals surface area (Å²) in [6, 6.07) is 6.57. The van der Waals surface area contributed by atoms with E-state index in [1.807, 2.05) is 26.8 Å². The molecule has 4 rings (SSSR count). The maximum Gasteiger partial charge on any atom is 0.416 e. The molecule has 46 heavy (non-hydrogen) atoms. The van der Waals surface area contributed by atoms with E-state index in [0.29, 0.717) is 35.9 Å². The van der Waals surface area contributed by atoms with Gasteiger partial charge in [0.05, 0.1) is 28.4 Å². The molecular formula is C32H44ClN5O6SSi. The molecule has 1 aromatic carbocycles. The molecule has 3 aromatic rings. The van der Waals surface area contributed by atoms with Gasteiger partial charge in [0.25, 0.3) is 0 Å². The van der Waals surface area contributed by atoms with E-state index < -0.39 is 35.3 Å². The summed E-state index contributed by atoms with van der Waals surface area (Å²) in [5, 5.41) is 3.14. The Kier molecular flexibility index (Phi) is 9.59. The summed E-state index contributed by atoms with van der Waals surface area (Å²) in [7, 11) is -4.25. The Labute approximate surface area is 278 Å². The summed E-state index contributed by atoms with van der Waals surface area (Å²) in [6.07, 6.45) is 3.88. The zero-order valence-electron chi connectivity index (χ0n) is 28.4. The van der Waals surface area contributed by atoms with Gasteiger partial charge in [0, 0.05) is 54.4 Å². The van der Waals surface area contributed by atoms with Gasteiger partial charge in [0.15, 0.2) is 18.2 Å². The fraction of sp³-hybridized carbons (Fsp3) is 0.500. The molecule has 14 heteroatoms. The van der Waals surface area contributed by atoms with Gasteiger partial charge in [-0.3, -0.25) is 4.90 Å². The van der Waals surface area contributed by atoms with Crippen LogP contribution < -0.4 is 15.0 Å². The number of hydrogen-bond donors (Lipinski definition) is 1. The lowest BCUT2D eigenvalue weighted by Crippen LogP contribution is -2.46. The van der Waals surface area contributed by atoms with Crippen LogP contribution in [0.5, 0.6) is 5.75 Å². The molecule has 0 fully saturated rings. The highest BCUT2D eigenvalue weighted by Crippen LogP contribution is 2.44. The zero-order chi connectivity index (χ0) is 34.5. The highest BCUT2D eigenvalue weighted by atomic mass is 35.5. The van der Waals surface area contributed by atoms with Crippen molar-refractivity contribution in [3.63, 3.8) is 0 Å². The summed E-state index contributed by atoms with van der Waals surface area (Å²) in [5.74, 6) is 1.02. The van der Waals surface area contributed by atoms with Gasteiger partial charge in [-0.15, -0.1) is 0 Å². The number of rotatable bonds is 8. The molecule has 1 amide bonds. The van der Waals surface area contributed by atoms with E-state index in [-0.39, 0.29) is 26.7 Å². The van der Waals surface area contributed by atoms with E-state index in [0.717, 1.165) is 11.8 Å². The number of anilines is 3. The molecule has 1 unspecified atom stereocenters. The monoisotopic (exact) mass is 689 g/mol. The molecule has 1 atom stereocenters. The first-order valence-corrected chi connectivity index (χ1v) is 20.1. The SMILES string of the molecule is COc1cc(S(C)(=O)=O)c(Cl)cc1Nc1nccc(-c2cnc3c(c2)C(C)(CO[Si](C)(C)C(C)(C)C)CN3C(=O)OC(C)(C)C)n1. The molecule has 0 bridgehead atoms. The van der Waals surface area contributed by atoms with Crippen LogP contribution in [0.2, 0.25) is 23.2 Å². The van der Waals surface area contributed by atoms with Crippen molar-refractivity contribution in [3.05, 3.63) is 47.2 Å². The van der Waals surface area contributed by atoms with Crippen LogP contribution in [-0.2, 0) is 24.4 Å². The van der Waals surface area contributed by atoms with Crippen molar-refractivity contribution in [3.8, 4) is 17.0 Å². The molecule has 2 aromatic heterocycles. The van der Waals surface area contributed by atoms with Crippen LogP contribution in [-0.4, -0.2) is 69.9 Å². The number of sulfone groups is 1. The van der Waals surface area contributed by atoms with Crippen LogP contribution in [0.15, 0.2) is 41.6 Å². The lowest BCUT2D eigenvalue weighted by atomic mass is 9.85. The first-order chi connectivity index (χ1) is 21.0. The number of methoxy groups -OCH3 is 1. The predicted octanol–water partition coefficient (Wildman–Crippen LogP) is 7.38. The van der Waals surface area contributed by atoms with Crippen molar-refractivity contribution in [1.29, 1.82) is 0 Å². The second kappa shape index (κ2) is 12.4. The van der Waals surface area contributed by atoms with Gasteiger partial charge in [-0.2, -0.15) is 0 Å². The van der Waals surface area contributed by atoms with Crippen molar-refractivity contribution >= 4 is 53.3 Å². The lowest BCUT2D eigenvalue weighted by Gasteiger charge is -2.39. The Hall–Kier alpha value is -3.26. The molecule has 1 aliphatic heterocycles. The molecule has 1 N–H and O–H groups in total. The zero-order valence-corrected chi connectivity index (χ0v) is 31.0. The maximum absolute atomic E-state index is 13.3. The number of aromatic nitrogens is 3. The number of ether oxygens (including phenoxy) is 2. The third kappa shape index (κ3) is 7.64. The Bertz CT molecular complexity index is 1760. The van der Waals surface area contributed by atoms with E-state index in [4.69, 9.17) is 35.5 Å². The number of amides is 1. The van der Waals surface area contributed by atoms with Crippen molar-refractivity contribution in [2.24, 2.45) is 0 Å². The number of carbonyl (C=O) groups excluding carboxylic acids is 1. The Morgan fingerprint density at radius 1 is 1.13 bits per heavy atom. The highest BCUT2D eigenvalue weighted by Gasteiger charge is 2.47. The normalized spacial score (nSPS) is 17.1. The summed E-state index contributed by atoms with van der Waals surface area (Å²) < 4.78 is 42.2. The van der Waals surface area contributed by atoms with Crippen molar-refractivity contribution in [1.82, 2.24) is 15.0 Å². The van der Waals surface area contributed by atoms with E-state index in [2.05, 4.69) is 51.1 Å². The molecule has 0 radical (unpaired) electrons. The molecule has 0 saturated carbocycles. The third-order valence-corrected chi connectivity index (χ3v) is 14.3. The molecule has 1 aliphatic rings. The molecule has 3 heterocycles. The molecule has 11 nitrogen and oxygen atoms in total. The fourth-order valence-corrected chi connectivity index (χ4v) is 7.13. The van der Waals surface area contributed by atoms with Gasteiger partial charge in [-0.25, -0.2) is 28.2 Å². The standard InChI is InChI=1S/C32H44ClN5O6SSi/c1-30(2,3)44-29(39)38-18-32(7,19-43-46(10,11)31(4,5)6)21-14-20(17-35-27(21)38)23-12-13-34-28(36-23)37-24-15-22(33)26(45(9,40)41)16-25(24)42-8/h12-17H,18-19H2,1-11H3,(H,34,36,37). The van der Waals surface area contributed by atoms with Crippen molar-refractivity contribution in [2.75, 3.05) is 36.7 Å². The number of halogens is 1. The van der Waals surface area contributed by atoms with Gasteiger partial charge >= 0.3 is 6.09 Å². The summed E-state index contributed by atoms with van der Waals surface area (Å²) >= 11 is 6.30. The molecule has 0 spiro atoms. The van der Waals surface area contributed by atoms with E-state index in [1.165, 1.54) is 19.2 Å². The Morgan fingerprint density at radius 2 is 1.80 bits per heavy atom. The fourth-order valence-electron chi connectivity index (χ4n) is 4.70.